The maximum absolute atomic E-state index is 17.0. The fourth-order valence-electron chi connectivity index (χ4n) is 25.4. The molecule has 3 spiro atoms. The van der Waals surface area contributed by atoms with Crippen LogP contribution in [0.25, 0.3) is 23.1 Å². The number of benzene rings is 6. The van der Waals surface area contributed by atoms with Gasteiger partial charge in [0.2, 0.25) is 0 Å². The Kier molecular flexibility index (Phi) is 16.0. The molecule has 17 atom stereocenters. The highest BCUT2D eigenvalue weighted by Crippen LogP contribution is 2.68. The van der Waals surface area contributed by atoms with Gasteiger partial charge in [-0.15, -0.1) is 0 Å². The van der Waals surface area contributed by atoms with Crippen molar-refractivity contribution < 1.29 is 48.3 Å². The second-order valence-corrected chi connectivity index (χ2v) is 34.0. The van der Waals surface area contributed by atoms with Crippen molar-refractivity contribution in [2.75, 3.05) is 26.9 Å². The molecular weight excluding hydrogens is 1310 g/mol. The Labute approximate surface area is 615 Å². The smallest absolute Gasteiger partial charge is 0.340 e. The summed E-state index contributed by atoms with van der Waals surface area (Å²) >= 11 is 0. The molecule has 536 valence electrons. The summed E-state index contributed by atoms with van der Waals surface area (Å²) < 4.78 is 35.7. The molecular formula is C94H94O11. The first-order valence-corrected chi connectivity index (χ1v) is 39.8. The number of aliphatic hydroxyl groups excluding tert-OH is 3. The number of esters is 2. The monoisotopic (exact) mass is 1400 g/mol. The van der Waals surface area contributed by atoms with Gasteiger partial charge < -0.3 is 38.7 Å². The normalized spacial score (nSPS) is 32.8. The van der Waals surface area contributed by atoms with Gasteiger partial charge >= 0.3 is 17.6 Å². The van der Waals surface area contributed by atoms with Crippen LogP contribution in [0.1, 0.15) is 246 Å². The van der Waals surface area contributed by atoms with Gasteiger partial charge in [0.25, 0.3) is 0 Å². The molecule has 0 radical (unpaired) electrons. The maximum Gasteiger partial charge on any atom is 0.340 e. The number of hydrogen-bond acceptors (Lipinski definition) is 11. The van der Waals surface area contributed by atoms with Gasteiger partial charge in [0.15, 0.2) is 17.8 Å². The number of rotatable bonds is 7. The third kappa shape index (κ3) is 9.86. The third-order valence-corrected chi connectivity index (χ3v) is 29.7. The average Bonchev–Trinajstić information content (AvgIpc) is 1.45. The summed E-state index contributed by atoms with van der Waals surface area (Å²) in [6.07, 6.45) is 26.6. The van der Waals surface area contributed by atoms with Crippen molar-refractivity contribution in [3.8, 4) is 17.6 Å². The summed E-state index contributed by atoms with van der Waals surface area (Å²) in [6, 6.07) is 41.8. The molecule has 17 unspecified atom stereocenters. The van der Waals surface area contributed by atoms with E-state index in [2.05, 4.69) is 145 Å². The predicted molar refractivity (Wildman–Crippen MR) is 404 cm³/mol. The van der Waals surface area contributed by atoms with Crippen molar-refractivity contribution >= 4 is 35.1 Å². The molecule has 4 heterocycles. The molecule has 20 aliphatic rings. The molecule has 105 heavy (non-hydrogen) atoms. The van der Waals surface area contributed by atoms with Gasteiger partial charge in [-0.2, -0.15) is 0 Å². The molecule has 17 aliphatic carbocycles. The van der Waals surface area contributed by atoms with Crippen LogP contribution < -0.4 is 10.4 Å². The average molecular weight is 1400 g/mol. The lowest BCUT2D eigenvalue weighted by Crippen LogP contribution is -2.61. The SMILES string of the molecule is COCC(CCO)c1c(CO)c2ccc3c(c2oc1=O)C1OC(=O)CC2CC4C=CC2c2ccc5c6c2CC#CCC2(O3)C3CC7c8ccccc8C=CC7C3CC6CC(C5CC(=C(C)CO)C(=O)OC12)C1(CCCC1)c1ccc(cc1)Cc1ccc2c(c1)C13c5cccc4c5CCC1CCCC3C=C2. The number of fused-ring (bicyclic) bond motifs is 9. The molecule has 3 saturated carbocycles. The number of methoxy groups -OCH3 is 1. The van der Waals surface area contributed by atoms with Crippen molar-refractivity contribution in [3.63, 3.8) is 0 Å². The van der Waals surface area contributed by atoms with Crippen molar-refractivity contribution in [1.82, 2.24) is 0 Å². The lowest BCUT2D eigenvalue weighted by atomic mass is 9.48. The van der Waals surface area contributed by atoms with Crippen molar-refractivity contribution in [3.05, 3.63) is 250 Å². The van der Waals surface area contributed by atoms with Crippen LogP contribution in [0, 0.1) is 53.3 Å². The van der Waals surface area contributed by atoms with Crippen molar-refractivity contribution in [2.24, 2.45) is 41.4 Å². The van der Waals surface area contributed by atoms with Gasteiger partial charge in [-0.1, -0.05) is 165 Å². The lowest BCUT2D eigenvalue weighted by Gasteiger charge is -2.55. The number of carbonyl (C=O) groups excluding carboxylic acids is 2. The van der Waals surface area contributed by atoms with Crippen LogP contribution in [-0.2, 0) is 60.5 Å². The summed E-state index contributed by atoms with van der Waals surface area (Å²) in [5.41, 5.74) is 17.6. The second-order valence-electron chi connectivity index (χ2n) is 34.0. The molecule has 1 saturated heterocycles. The van der Waals surface area contributed by atoms with Crippen LogP contribution in [0.5, 0.6) is 5.75 Å². The van der Waals surface area contributed by atoms with E-state index in [0.29, 0.717) is 65.4 Å². The Morgan fingerprint density at radius 3 is 2.40 bits per heavy atom. The first kappa shape index (κ1) is 66.1. The zero-order chi connectivity index (χ0) is 70.8. The number of allylic oxidation sites excluding steroid dienone is 4. The van der Waals surface area contributed by atoms with Gasteiger partial charge in [0, 0.05) is 72.2 Å². The van der Waals surface area contributed by atoms with E-state index in [9.17, 15) is 15.3 Å². The molecule has 1 aromatic heterocycles. The quantitative estimate of drug-likeness (QED) is 0.0458. The van der Waals surface area contributed by atoms with Gasteiger partial charge in [-0.05, 0) is 250 Å². The van der Waals surface area contributed by atoms with Crippen LogP contribution in [0.2, 0.25) is 0 Å². The molecule has 4 fully saturated rings. The van der Waals surface area contributed by atoms with Crippen LogP contribution in [-0.4, -0.2) is 65.9 Å². The predicted octanol–water partition coefficient (Wildman–Crippen LogP) is 17.0. The Balaban J connectivity index is 0.883. The number of aliphatic hydroxyl groups is 3. The van der Waals surface area contributed by atoms with Crippen LogP contribution in [0.15, 0.2) is 154 Å². The zero-order valence-electron chi connectivity index (χ0n) is 60.4. The molecule has 20 bridgehead atoms. The molecule has 0 amide bonds. The third-order valence-electron chi connectivity index (χ3n) is 29.7. The zero-order valence-corrected chi connectivity index (χ0v) is 60.4. The largest absolute Gasteiger partial charge is 0.481 e. The Bertz CT molecular complexity index is 5020. The Morgan fingerprint density at radius 2 is 1.55 bits per heavy atom. The first-order valence-electron chi connectivity index (χ1n) is 39.8. The standard InChI is InChI=1S/C94H94O11/c1-52(49-96)73-47-76-71-33-32-67-66-29-24-57-43-59(66)46-83(98)102-88-86-82(35-34-72-77(50-97)85(91(100)103-87(72)86)58(36-40-95)51-101-2)105-93(89(88)104-90(73)99)39-6-5-15-70(67)84(71)60(44-75-68-30-23-55-11-3-4-14-64(55)74(68)48-81(75)93)45-80(76)92(37-7-8-38-92)61-25-19-53(20-26-61)41-54-18-21-56-22-27-62-12-9-13-63-28-31-69-65(57)16-10-17-78(69)94(62,63)79(56)42-54/h3-4,10-11,14,16-27,29-30,32-35,42,57-60,62-63,66,68,74-76,80-81,88-89,95-97H,7-9,12-13,15,28,31,36-41,43-51H2,1-2H3. The van der Waals surface area contributed by atoms with E-state index < -0.39 is 47.9 Å². The van der Waals surface area contributed by atoms with Gasteiger partial charge in [0.1, 0.15) is 11.3 Å². The first-order chi connectivity index (χ1) is 51.4. The summed E-state index contributed by atoms with van der Waals surface area (Å²) in [5, 5.41) is 34.2. The van der Waals surface area contributed by atoms with Crippen molar-refractivity contribution in [2.45, 2.75) is 200 Å². The van der Waals surface area contributed by atoms with E-state index in [1.54, 1.807) is 7.11 Å². The van der Waals surface area contributed by atoms with Crippen LogP contribution >= 0.6 is 0 Å². The fraction of sp³-hybridized carbons (Fsp3) is 0.457. The highest BCUT2D eigenvalue weighted by molar-refractivity contribution is 5.91. The number of carbonyl (C=O) groups is 2. The molecule has 6 aromatic carbocycles. The van der Waals surface area contributed by atoms with Gasteiger partial charge in [0.05, 0.1) is 31.8 Å². The number of ether oxygens (including phenoxy) is 4. The Morgan fingerprint density at radius 1 is 0.714 bits per heavy atom. The minimum atomic E-state index is -1.50. The van der Waals surface area contributed by atoms with Crippen LogP contribution in [0.4, 0.5) is 0 Å². The van der Waals surface area contributed by atoms with E-state index in [4.69, 9.17) is 23.4 Å². The van der Waals surface area contributed by atoms with Crippen LogP contribution in [0.3, 0.4) is 0 Å². The minimum absolute atomic E-state index is 0.0145. The second kappa shape index (κ2) is 25.4. The maximum atomic E-state index is 17.0. The van der Waals surface area contributed by atoms with E-state index in [1.807, 2.05) is 19.1 Å². The summed E-state index contributed by atoms with van der Waals surface area (Å²) in [6.45, 7) is 0.754. The molecule has 11 heteroatoms. The van der Waals surface area contributed by atoms with E-state index in [1.165, 1.54) is 90.7 Å². The van der Waals surface area contributed by atoms with Gasteiger partial charge in [-0.25, -0.2) is 9.59 Å². The lowest BCUT2D eigenvalue weighted by molar-refractivity contribution is -0.205. The molecule has 3 aliphatic heterocycles. The molecule has 27 rings (SSSR count). The van der Waals surface area contributed by atoms with E-state index >= 15 is 14.4 Å². The summed E-state index contributed by atoms with van der Waals surface area (Å²) in [4.78, 5) is 48.9. The Hall–Kier alpha value is -8.37. The highest BCUT2D eigenvalue weighted by atomic mass is 16.6. The molecule has 7 aromatic rings. The van der Waals surface area contributed by atoms with E-state index in [-0.39, 0.29) is 126 Å². The van der Waals surface area contributed by atoms with Gasteiger partial charge in [-0.3, -0.25) is 4.79 Å². The topological polar surface area (TPSA) is 162 Å². The molecule has 11 nitrogen and oxygen atoms in total. The van der Waals surface area contributed by atoms with E-state index in [0.717, 1.165) is 64.2 Å². The highest BCUT2D eigenvalue weighted by Gasteiger charge is 2.66. The van der Waals surface area contributed by atoms with Crippen molar-refractivity contribution in [1.29, 1.82) is 0 Å². The minimum Gasteiger partial charge on any atom is -0.481 e. The summed E-state index contributed by atoms with van der Waals surface area (Å²) in [7, 11) is 1.54. The number of hydrogen-bond donors (Lipinski definition) is 3. The molecule has 3 N–H and O–H groups in total. The summed E-state index contributed by atoms with van der Waals surface area (Å²) in [5.74, 6) is 6.17. The fourth-order valence-corrected chi connectivity index (χ4v) is 25.4.